The molecule has 0 aliphatic carbocycles. The Labute approximate surface area is 122 Å². The van der Waals surface area contributed by atoms with Crippen molar-refractivity contribution >= 4 is 5.69 Å². The number of benzene rings is 1. The zero-order chi connectivity index (χ0) is 14.4. The highest BCUT2D eigenvalue weighted by Gasteiger charge is 2.16. The van der Waals surface area contributed by atoms with E-state index in [2.05, 4.69) is 40.2 Å². The van der Waals surface area contributed by atoms with Gasteiger partial charge in [0, 0.05) is 38.4 Å². The molecule has 1 aliphatic rings. The first-order valence-electron chi connectivity index (χ1n) is 7.57. The van der Waals surface area contributed by atoms with Crippen molar-refractivity contribution in [2.75, 3.05) is 51.3 Å². The summed E-state index contributed by atoms with van der Waals surface area (Å²) in [4.78, 5) is 4.83. The second-order valence-corrected chi connectivity index (χ2v) is 5.56. The maximum absolute atomic E-state index is 9.06. The van der Waals surface area contributed by atoms with E-state index in [1.54, 1.807) is 0 Å². The SMILES string of the molecule is CNCc1ccc(N2CCCN(CCO)CC2)c(C)c1. The van der Waals surface area contributed by atoms with Crippen LogP contribution in [-0.4, -0.2) is 56.4 Å². The van der Waals surface area contributed by atoms with E-state index in [4.69, 9.17) is 5.11 Å². The molecule has 1 aliphatic heterocycles. The Morgan fingerprint density at radius 2 is 2.05 bits per heavy atom. The Kier molecular flexibility index (Phi) is 5.83. The second kappa shape index (κ2) is 7.62. The largest absolute Gasteiger partial charge is 0.395 e. The highest BCUT2D eigenvalue weighted by atomic mass is 16.3. The van der Waals surface area contributed by atoms with Crippen LogP contribution in [0.3, 0.4) is 0 Å². The van der Waals surface area contributed by atoms with Gasteiger partial charge in [0.1, 0.15) is 0 Å². The van der Waals surface area contributed by atoms with Crippen LogP contribution >= 0.6 is 0 Å². The lowest BCUT2D eigenvalue weighted by molar-refractivity contribution is 0.204. The Morgan fingerprint density at radius 1 is 1.20 bits per heavy atom. The Balaban J connectivity index is 2.03. The van der Waals surface area contributed by atoms with Crippen molar-refractivity contribution in [3.8, 4) is 0 Å². The predicted molar refractivity (Wildman–Crippen MR) is 84.3 cm³/mol. The zero-order valence-electron chi connectivity index (χ0n) is 12.7. The van der Waals surface area contributed by atoms with E-state index in [0.717, 1.165) is 45.7 Å². The third-order valence-corrected chi connectivity index (χ3v) is 3.99. The summed E-state index contributed by atoms with van der Waals surface area (Å²) >= 11 is 0. The van der Waals surface area contributed by atoms with E-state index in [0.29, 0.717) is 0 Å². The number of nitrogens with one attached hydrogen (secondary N) is 1. The molecule has 0 spiro atoms. The summed E-state index contributed by atoms with van der Waals surface area (Å²) in [6.07, 6.45) is 1.16. The van der Waals surface area contributed by atoms with E-state index >= 15 is 0 Å². The summed E-state index contributed by atoms with van der Waals surface area (Å²) in [6.45, 7) is 8.47. The van der Waals surface area contributed by atoms with Gasteiger partial charge in [-0.3, -0.25) is 4.90 Å². The summed E-state index contributed by atoms with van der Waals surface area (Å²) in [5.74, 6) is 0. The molecule has 1 aromatic carbocycles. The molecule has 0 atom stereocenters. The average molecular weight is 277 g/mol. The molecule has 0 radical (unpaired) electrons. The van der Waals surface area contributed by atoms with Crippen LogP contribution in [0.2, 0.25) is 0 Å². The third-order valence-electron chi connectivity index (χ3n) is 3.99. The lowest BCUT2D eigenvalue weighted by Crippen LogP contribution is -2.32. The van der Waals surface area contributed by atoms with E-state index in [1.165, 1.54) is 16.8 Å². The van der Waals surface area contributed by atoms with Gasteiger partial charge < -0.3 is 15.3 Å². The topological polar surface area (TPSA) is 38.7 Å². The Hall–Kier alpha value is -1.10. The molecule has 1 heterocycles. The smallest absolute Gasteiger partial charge is 0.0558 e. The summed E-state index contributed by atoms with van der Waals surface area (Å²) in [6, 6.07) is 6.75. The van der Waals surface area contributed by atoms with E-state index in [-0.39, 0.29) is 6.61 Å². The van der Waals surface area contributed by atoms with Gasteiger partial charge in [-0.1, -0.05) is 12.1 Å². The van der Waals surface area contributed by atoms with Crippen LogP contribution in [0.5, 0.6) is 0 Å². The van der Waals surface area contributed by atoms with Crippen LogP contribution in [0.25, 0.3) is 0 Å². The van der Waals surface area contributed by atoms with Gasteiger partial charge in [0.25, 0.3) is 0 Å². The molecular formula is C16H27N3O. The third kappa shape index (κ3) is 3.95. The summed E-state index contributed by atoms with van der Waals surface area (Å²) < 4.78 is 0. The molecule has 20 heavy (non-hydrogen) atoms. The first kappa shape index (κ1) is 15.3. The first-order chi connectivity index (χ1) is 9.74. The fourth-order valence-electron chi connectivity index (χ4n) is 2.96. The zero-order valence-corrected chi connectivity index (χ0v) is 12.7. The number of β-amino-alcohol motifs (C(OH)–C–C–N with tert-alkyl or cyclic N) is 1. The molecule has 112 valence electrons. The van der Waals surface area contributed by atoms with Gasteiger partial charge in [-0.25, -0.2) is 0 Å². The number of anilines is 1. The molecule has 0 saturated carbocycles. The van der Waals surface area contributed by atoms with Crippen LogP contribution in [0, 0.1) is 6.92 Å². The van der Waals surface area contributed by atoms with Gasteiger partial charge in [0.2, 0.25) is 0 Å². The number of aliphatic hydroxyl groups is 1. The number of hydrogen-bond donors (Lipinski definition) is 2. The molecular weight excluding hydrogens is 250 g/mol. The van der Waals surface area contributed by atoms with Gasteiger partial charge in [0.05, 0.1) is 6.61 Å². The fraction of sp³-hybridized carbons (Fsp3) is 0.625. The normalized spacial score (nSPS) is 17.2. The molecule has 0 aromatic heterocycles. The average Bonchev–Trinajstić information content (AvgIpc) is 2.66. The quantitative estimate of drug-likeness (QED) is 0.849. The molecule has 2 rings (SSSR count). The highest BCUT2D eigenvalue weighted by molar-refractivity contribution is 5.54. The summed E-state index contributed by atoms with van der Waals surface area (Å²) in [5.41, 5.74) is 4.05. The fourth-order valence-corrected chi connectivity index (χ4v) is 2.96. The molecule has 1 aromatic rings. The molecule has 1 saturated heterocycles. The van der Waals surface area contributed by atoms with Crippen LogP contribution in [-0.2, 0) is 6.54 Å². The molecule has 2 N–H and O–H groups in total. The van der Waals surface area contributed by atoms with Gasteiger partial charge in [0.15, 0.2) is 0 Å². The number of aryl methyl sites for hydroxylation is 1. The van der Waals surface area contributed by atoms with Gasteiger partial charge >= 0.3 is 0 Å². The Bertz CT molecular complexity index is 422. The number of hydrogen-bond acceptors (Lipinski definition) is 4. The monoisotopic (exact) mass is 277 g/mol. The molecule has 0 bridgehead atoms. The van der Waals surface area contributed by atoms with Crippen molar-refractivity contribution in [1.82, 2.24) is 10.2 Å². The maximum Gasteiger partial charge on any atom is 0.0558 e. The number of aliphatic hydroxyl groups excluding tert-OH is 1. The number of rotatable bonds is 5. The van der Waals surface area contributed by atoms with Crippen LogP contribution in [0.15, 0.2) is 18.2 Å². The van der Waals surface area contributed by atoms with E-state index in [9.17, 15) is 0 Å². The van der Waals surface area contributed by atoms with Crippen LogP contribution < -0.4 is 10.2 Å². The van der Waals surface area contributed by atoms with Crippen molar-refractivity contribution in [2.45, 2.75) is 19.9 Å². The Morgan fingerprint density at radius 3 is 2.75 bits per heavy atom. The maximum atomic E-state index is 9.06. The lowest BCUT2D eigenvalue weighted by atomic mass is 10.1. The van der Waals surface area contributed by atoms with Gasteiger partial charge in [-0.05, 0) is 44.1 Å². The summed E-state index contributed by atoms with van der Waals surface area (Å²) in [5, 5.41) is 12.3. The van der Waals surface area contributed by atoms with E-state index in [1.807, 2.05) is 7.05 Å². The highest BCUT2D eigenvalue weighted by Crippen LogP contribution is 2.22. The molecule has 0 unspecified atom stereocenters. The molecule has 4 heteroatoms. The van der Waals surface area contributed by atoms with Gasteiger partial charge in [-0.2, -0.15) is 0 Å². The lowest BCUT2D eigenvalue weighted by Gasteiger charge is -2.25. The van der Waals surface area contributed by atoms with E-state index < -0.39 is 0 Å². The van der Waals surface area contributed by atoms with Crippen molar-refractivity contribution < 1.29 is 5.11 Å². The predicted octanol–water partition coefficient (Wildman–Crippen LogP) is 1.22. The minimum atomic E-state index is 0.262. The van der Waals surface area contributed by atoms with Crippen molar-refractivity contribution in [2.24, 2.45) is 0 Å². The molecule has 1 fully saturated rings. The molecule has 4 nitrogen and oxygen atoms in total. The first-order valence-corrected chi connectivity index (χ1v) is 7.57. The van der Waals surface area contributed by atoms with Gasteiger partial charge in [-0.15, -0.1) is 0 Å². The molecule has 0 amide bonds. The van der Waals surface area contributed by atoms with Crippen molar-refractivity contribution in [3.63, 3.8) is 0 Å². The van der Waals surface area contributed by atoms with Crippen molar-refractivity contribution in [3.05, 3.63) is 29.3 Å². The minimum absolute atomic E-state index is 0.262. The van der Waals surface area contributed by atoms with Crippen molar-refractivity contribution in [1.29, 1.82) is 0 Å². The second-order valence-electron chi connectivity index (χ2n) is 5.56. The van der Waals surface area contributed by atoms with Crippen LogP contribution in [0.4, 0.5) is 5.69 Å². The standard InChI is InChI=1S/C16H27N3O/c1-14-12-15(13-17-2)4-5-16(14)19-7-3-6-18(8-9-19)10-11-20/h4-5,12,17,20H,3,6-11,13H2,1-2H3. The number of nitrogens with zero attached hydrogens (tertiary/aromatic N) is 2. The minimum Gasteiger partial charge on any atom is -0.395 e. The van der Waals surface area contributed by atoms with Crippen LogP contribution in [0.1, 0.15) is 17.5 Å². The summed E-state index contributed by atoms with van der Waals surface area (Å²) in [7, 11) is 1.98.